The van der Waals surface area contributed by atoms with Crippen LogP contribution in [0.3, 0.4) is 0 Å². The summed E-state index contributed by atoms with van der Waals surface area (Å²) in [5.74, 6) is 4.04. The number of benzene rings is 1. The van der Waals surface area contributed by atoms with Crippen LogP contribution < -0.4 is 14.8 Å². The lowest BCUT2D eigenvalue weighted by molar-refractivity contribution is 0.295. The predicted octanol–water partition coefficient (Wildman–Crippen LogP) is 8.91. The second kappa shape index (κ2) is 17.2. The van der Waals surface area contributed by atoms with E-state index in [1.165, 1.54) is 64.2 Å². The molecule has 1 aliphatic heterocycles. The minimum Gasteiger partial charge on any atom is -0.493 e. The Labute approximate surface area is 245 Å². The molecule has 0 saturated carbocycles. The van der Waals surface area contributed by atoms with Crippen molar-refractivity contribution in [3.63, 3.8) is 0 Å². The van der Waals surface area contributed by atoms with Gasteiger partial charge in [-0.2, -0.15) is 0 Å². The monoisotopic (exact) mass is 555 g/mol. The number of pyridine rings is 2. The number of amidine groups is 2. The van der Waals surface area contributed by atoms with Crippen molar-refractivity contribution in [1.82, 2.24) is 9.97 Å². The highest BCUT2D eigenvalue weighted by molar-refractivity contribution is 6.28. The van der Waals surface area contributed by atoms with Crippen LogP contribution in [0.15, 0.2) is 70.9 Å². The third-order valence-corrected chi connectivity index (χ3v) is 7.10. The molecule has 0 aliphatic carbocycles. The summed E-state index contributed by atoms with van der Waals surface area (Å²) in [6, 6.07) is 15.5. The van der Waals surface area contributed by atoms with E-state index in [9.17, 15) is 0 Å². The van der Waals surface area contributed by atoms with Gasteiger partial charge in [-0.3, -0.25) is 0 Å². The number of hydrogen-bond donors (Lipinski definition) is 1. The van der Waals surface area contributed by atoms with Gasteiger partial charge in [-0.1, -0.05) is 90.2 Å². The Morgan fingerprint density at radius 2 is 1.22 bits per heavy atom. The van der Waals surface area contributed by atoms with E-state index < -0.39 is 0 Å². The maximum Gasteiger partial charge on any atom is 0.168 e. The molecule has 0 fully saturated rings. The topological polar surface area (TPSA) is 81.0 Å². The number of aromatic nitrogens is 2. The summed E-state index contributed by atoms with van der Waals surface area (Å²) in [5, 5.41) is 3.40. The lowest BCUT2D eigenvalue weighted by Gasteiger charge is -2.16. The third-order valence-electron chi connectivity index (χ3n) is 7.10. The number of aliphatic imine (C=N–C) groups is 2. The van der Waals surface area contributed by atoms with Gasteiger partial charge in [0, 0.05) is 12.4 Å². The molecule has 41 heavy (non-hydrogen) atoms. The lowest BCUT2D eigenvalue weighted by atomic mass is 10.0. The van der Waals surface area contributed by atoms with E-state index in [2.05, 4.69) is 29.1 Å². The van der Waals surface area contributed by atoms with Gasteiger partial charge >= 0.3 is 0 Å². The van der Waals surface area contributed by atoms with Gasteiger partial charge in [0.15, 0.2) is 11.7 Å². The zero-order valence-corrected chi connectivity index (χ0v) is 24.8. The molecule has 4 rings (SSSR count). The van der Waals surface area contributed by atoms with Crippen LogP contribution in [0.4, 0.5) is 11.6 Å². The zero-order chi connectivity index (χ0) is 28.5. The molecule has 0 bridgehead atoms. The quantitative estimate of drug-likeness (QED) is 0.159. The van der Waals surface area contributed by atoms with Crippen LogP contribution in [-0.2, 0) is 0 Å². The van der Waals surface area contributed by atoms with E-state index >= 15 is 0 Å². The number of fused-ring (bicyclic) bond motifs is 1. The zero-order valence-electron chi connectivity index (χ0n) is 24.8. The van der Waals surface area contributed by atoms with Gasteiger partial charge in [-0.15, -0.1) is 0 Å². The minimum absolute atomic E-state index is 0.556. The molecule has 7 heteroatoms. The molecule has 0 amide bonds. The lowest BCUT2D eigenvalue weighted by Crippen LogP contribution is -2.15. The Balaban J connectivity index is 1.60. The molecule has 7 nitrogen and oxygen atoms in total. The highest BCUT2D eigenvalue weighted by atomic mass is 16.5. The van der Waals surface area contributed by atoms with Crippen LogP contribution >= 0.6 is 0 Å². The van der Waals surface area contributed by atoms with Crippen molar-refractivity contribution in [1.29, 1.82) is 0 Å². The molecule has 2 aromatic heterocycles. The normalized spacial score (nSPS) is 13.2. The van der Waals surface area contributed by atoms with Crippen LogP contribution in [0, 0.1) is 0 Å². The first-order valence-corrected chi connectivity index (χ1v) is 15.5. The Kier molecular flexibility index (Phi) is 12.6. The summed E-state index contributed by atoms with van der Waals surface area (Å²) < 4.78 is 12.8. The molecule has 1 N–H and O–H groups in total. The molecular weight excluding hydrogens is 510 g/mol. The molecule has 3 heterocycles. The molecule has 0 spiro atoms. The van der Waals surface area contributed by atoms with E-state index in [0.29, 0.717) is 36.5 Å². The van der Waals surface area contributed by atoms with Gasteiger partial charge in [0.1, 0.15) is 23.2 Å². The first-order chi connectivity index (χ1) is 20.3. The van der Waals surface area contributed by atoms with Gasteiger partial charge < -0.3 is 14.8 Å². The maximum absolute atomic E-state index is 6.39. The van der Waals surface area contributed by atoms with Crippen molar-refractivity contribution in [3.8, 4) is 11.5 Å². The first-order valence-electron chi connectivity index (χ1n) is 15.5. The first kappa shape index (κ1) is 30.2. The Bertz CT molecular complexity index is 1240. The van der Waals surface area contributed by atoms with E-state index in [0.717, 1.165) is 35.5 Å². The average molecular weight is 556 g/mol. The Hall–Kier alpha value is -3.74. The second-order valence-electron chi connectivity index (χ2n) is 10.5. The number of ether oxygens (including phenoxy) is 2. The summed E-state index contributed by atoms with van der Waals surface area (Å²) in [6.45, 7) is 5.79. The smallest absolute Gasteiger partial charge is 0.168 e. The van der Waals surface area contributed by atoms with Crippen LogP contribution in [0.2, 0.25) is 0 Å². The SMILES string of the molecule is CCCCCCCCOc1ccc(OCCCCCCCC)c2c1C(Nc1ccccn1)=N/C2=N\c1ccccn1. The molecule has 218 valence electrons. The molecule has 0 saturated heterocycles. The number of anilines is 1. The molecule has 1 aliphatic rings. The molecule has 0 radical (unpaired) electrons. The fourth-order valence-electron chi connectivity index (χ4n) is 4.87. The van der Waals surface area contributed by atoms with Crippen molar-refractivity contribution in [2.45, 2.75) is 90.9 Å². The van der Waals surface area contributed by atoms with Gasteiger partial charge in [-0.25, -0.2) is 20.0 Å². The highest BCUT2D eigenvalue weighted by Gasteiger charge is 2.30. The summed E-state index contributed by atoms with van der Waals surface area (Å²) in [6.07, 6.45) is 18.0. The van der Waals surface area contributed by atoms with Crippen LogP contribution in [0.1, 0.15) is 102 Å². The fraction of sp³-hybridized carbons (Fsp3) is 0.471. The van der Waals surface area contributed by atoms with Crippen molar-refractivity contribution in [2.75, 3.05) is 18.5 Å². The van der Waals surface area contributed by atoms with E-state index in [1.54, 1.807) is 12.4 Å². The average Bonchev–Trinajstić information content (AvgIpc) is 3.35. The Morgan fingerprint density at radius 1 is 0.634 bits per heavy atom. The van der Waals surface area contributed by atoms with Crippen molar-refractivity contribution in [2.24, 2.45) is 9.98 Å². The molecular formula is C34H45N5O2. The number of nitrogens with zero attached hydrogens (tertiary/aromatic N) is 4. The van der Waals surface area contributed by atoms with Gasteiger partial charge in [0.25, 0.3) is 0 Å². The largest absolute Gasteiger partial charge is 0.493 e. The maximum atomic E-state index is 6.39. The highest BCUT2D eigenvalue weighted by Crippen LogP contribution is 2.37. The van der Waals surface area contributed by atoms with E-state index in [4.69, 9.17) is 19.5 Å². The summed E-state index contributed by atoms with van der Waals surface area (Å²) in [5.41, 5.74) is 1.69. The third kappa shape index (κ3) is 9.41. The molecule has 0 atom stereocenters. The summed E-state index contributed by atoms with van der Waals surface area (Å²) in [7, 11) is 0. The predicted molar refractivity (Wildman–Crippen MR) is 169 cm³/mol. The van der Waals surface area contributed by atoms with Crippen LogP contribution in [0.5, 0.6) is 11.5 Å². The van der Waals surface area contributed by atoms with Gasteiger partial charge in [0.2, 0.25) is 0 Å². The number of unbranched alkanes of at least 4 members (excludes halogenated alkanes) is 10. The number of nitrogens with one attached hydrogen (secondary N) is 1. The molecule has 1 aromatic carbocycles. The molecule has 3 aromatic rings. The van der Waals surface area contributed by atoms with E-state index in [1.807, 2.05) is 48.5 Å². The Morgan fingerprint density at radius 3 is 1.80 bits per heavy atom. The van der Waals surface area contributed by atoms with E-state index in [-0.39, 0.29) is 0 Å². The van der Waals surface area contributed by atoms with Crippen LogP contribution in [-0.4, -0.2) is 34.9 Å². The van der Waals surface area contributed by atoms with Crippen molar-refractivity contribution in [3.05, 3.63) is 72.1 Å². The minimum atomic E-state index is 0.556. The van der Waals surface area contributed by atoms with Crippen molar-refractivity contribution < 1.29 is 9.47 Å². The number of rotatable bonds is 18. The van der Waals surface area contributed by atoms with Gasteiger partial charge in [0.05, 0.1) is 24.3 Å². The summed E-state index contributed by atoms with van der Waals surface area (Å²) in [4.78, 5) is 18.7. The number of hydrogen-bond acceptors (Lipinski definition) is 6. The molecule has 0 unspecified atom stereocenters. The van der Waals surface area contributed by atoms with Crippen LogP contribution in [0.25, 0.3) is 0 Å². The van der Waals surface area contributed by atoms with Gasteiger partial charge in [-0.05, 0) is 49.2 Å². The second-order valence-corrected chi connectivity index (χ2v) is 10.5. The standard InChI is InChI=1S/C34H45N5O2/c1-3-5-7-9-11-17-25-40-27-21-22-28(41-26-18-12-10-8-6-4-2)32-31(27)33(37-29-19-13-15-23-35-29)39-34(32)38-30-20-14-16-24-36-30/h13-16,19-24H,3-12,17-18,25-26H2,1-2H3,(H,35,36,37,38,39). The summed E-state index contributed by atoms with van der Waals surface area (Å²) >= 11 is 0. The van der Waals surface area contributed by atoms with Crippen molar-refractivity contribution >= 4 is 23.3 Å². The fourth-order valence-corrected chi connectivity index (χ4v) is 4.87.